The first kappa shape index (κ1) is 15.3. The van der Waals surface area contributed by atoms with E-state index in [9.17, 15) is 0 Å². The molecule has 3 heteroatoms. The maximum atomic E-state index is 4.96. The molecule has 0 bridgehead atoms. The van der Waals surface area contributed by atoms with Crippen molar-refractivity contribution in [3.63, 3.8) is 0 Å². The first-order valence-electron chi connectivity index (χ1n) is 6.24. The van der Waals surface area contributed by atoms with Crippen molar-refractivity contribution in [1.82, 2.24) is 0 Å². The van der Waals surface area contributed by atoms with Crippen LogP contribution in [-0.2, 0) is 27.0 Å². The summed E-state index contributed by atoms with van der Waals surface area (Å²) in [5, 5.41) is 0. The van der Waals surface area contributed by atoms with Crippen molar-refractivity contribution in [2.45, 2.75) is 13.3 Å². The van der Waals surface area contributed by atoms with E-state index in [4.69, 9.17) is 17.2 Å². The fraction of sp³-hybridized carbons (Fsp3) is 0.188. The first-order chi connectivity index (χ1) is 9.26. The van der Waals surface area contributed by atoms with Crippen molar-refractivity contribution < 1.29 is 20.5 Å². The molecule has 1 atom stereocenters. The van der Waals surface area contributed by atoms with E-state index in [1.165, 1.54) is 28.7 Å². The van der Waals surface area contributed by atoms with Gasteiger partial charge in [-0.3, -0.25) is 0 Å². The molecule has 97 valence electrons. The van der Waals surface area contributed by atoms with Crippen LogP contribution in [0, 0.1) is 12.3 Å². The van der Waals surface area contributed by atoms with Crippen LogP contribution < -0.4 is 0 Å². The van der Waals surface area contributed by atoms with Crippen molar-refractivity contribution in [1.29, 1.82) is 0 Å². The van der Waals surface area contributed by atoms with Gasteiger partial charge in [-0.05, 0) is 41.0 Å². The second kappa shape index (κ2) is 7.61. The molecule has 0 aromatic heterocycles. The molecule has 1 aliphatic rings. The topological polar surface area (TPSA) is 0 Å². The number of hydrogen-bond donors (Lipinski definition) is 0. The third-order valence-corrected chi connectivity index (χ3v) is 3.29. The van der Waals surface area contributed by atoms with Crippen molar-refractivity contribution in [2.75, 3.05) is 0 Å². The Kier molecular flexibility index (Phi) is 6.12. The molecule has 2 aromatic rings. The molecule has 1 aliphatic carbocycles. The van der Waals surface area contributed by atoms with Crippen molar-refractivity contribution in [3.8, 4) is 11.1 Å². The van der Waals surface area contributed by atoms with Crippen LogP contribution in [0.2, 0.25) is 0 Å². The normalized spacial score (nSPS) is 16.3. The van der Waals surface area contributed by atoms with Gasteiger partial charge in [-0.15, -0.1) is 0 Å². The number of halogens is 2. The second-order valence-corrected chi connectivity index (χ2v) is 9.85. The molecule has 3 rings (SSSR count). The molecule has 0 spiro atoms. The van der Waals surface area contributed by atoms with Gasteiger partial charge in [0.15, 0.2) is 0 Å². The second-order valence-electron chi connectivity index (χ2n) is 4.66. The zero-order valence-electron chi connectivity index (χ0n) is 10.7. The average Bonchev–Trinajstić information content (AvgIpc) is 2.80. The monoisotopic (exact) mass is 457 g/mol. The van der Waals surface area contributed by atoms with Gasteiger partial charge < -0.3 is 0 Å². The van der Waals surface area contributed by atoms with Crippen LogP contribution in [0.25, 0.3) is 11.1 Å². The Labute approximate surface area is 133 Å². The molecule has 1 radical (unpaired) electrons. The van der Waals surface area contributed by atoms with E-state index >= 15 is 0 Å². The van der Waals surface area contributed by atoms with Gasteiger partial charge in [-0.2, -0.15) is 0 Å². The van der Waals surface area contributed by atoms with E-state index in [1.807, 2.05) is 0 Å². The maximum absolute atomic E-state index is 4.96. The van der Waals surface area contributed by atoms with Crippen LogP contribution in [0.5, 0.6) is 0 Å². The van der Waals surface area contributed by atoms with Gasteiger partial charge in [0.25, 0.3) is 0 Å². The summed E-state index contributed by atoms with van der Waals surface area (Å²) in [6.45, 7) is 2.29. The molecule has 0 nitrogen and oxygen atoms in total. The van der Waals surface area contributed by atoms with E-state index < -0.39 is 20.5 Å². The summed E-state index contributed by atoms with van der Waals surface area (Å²) in [6.07, 6.45) is 3.56. The van der Waals surface area contributed by atoms with Crippen LogP contribution >= 0.6 is 17.2 Å². The quantitative estimate of drug-likeness (QED) is 0.499. The number of fused-ring (bicyclic) bond motifs is 1. The predicted molar refractivity (Wildman–Crippen MR) is 79.9 cm³/mol. The summed E-state index contributed by atoms with van der Waals surface area (Å²) in [6, 6.07) is 17.3. The Morgan fingerprint density at radius 2 is 1.68 bits per heavy atom. The van der Waals surface area contributed by atoms with E-state index in [0.29, 0.717) is 5.92 Å². The Morgan fingerprint density at radius 1 is 1.00 bits per heavy atom. The van der Waals surface area contributed by atoms with E-state index in [2.05, 4.69) is 61.9 Å². The van der Waals surface area contributed by atoms with Gasteiger partial charge in [0, 0.05) is 0 Å². The van der Waals surface area contributed by atoms with Crippen LogP contribution in [0.15, 0.2) is 48.5 Å². The molecule has 0 heterocycles. The van der Waals surface area contributed by atoms with Gasteiger partial charge >= 0.3 is 37.7 Å². The van der Waals surface area contributed by atoms with Crippen molar-refractivity contribution in [2.24, 2.45) is 5.92 Å². The van der Waals surface area contributed by atoms with Gasteiger partial charge in [0.1, 0.15) is 0 Å². The van der Waals surface area contributed by atoms with Gasteiger partial charge in [-0.1, -0.05) is 55.5 Å². The molecule has 0 aliphatic heterocycles. The molecule has 19 heavy (non-hydrogen) atoms. The van der Waals surface area contributed by atoms with E-state index in [-0.39, 0.29) is 0 Å². The SMILES string of the molecule is CC1[CH]c2cccc(-c3ccccc3)c2C1.[Cl][Hf][Cl]. The van der Waals surface area contributed by atoms with Gasteiger partial charge in [0.2, 0.25) is 0 Å². The minimum absolute atomic E-state index is 0.680. The number of hydrogen-bond acceptors (Lipinski definition) is 0. The summed E-state index contributed by atoms with van der Waals surface area (Å²) in [5.41, 5.74) is 5.68. The molecular weight excluding hydrogens is 442 g/mol. The fourth-order valence-corrected chi connectivity index (χ4v) is 2.56. The Balaban J connectivity index is 0.000000408. The summed E-state index contributed by atoms with van der Waals surface area (Å²) < 4.78 is 0. The Bertz CT molecular complexity index is 526. The molecule has 2 aromatic carbocycles. The summed E-state index contributed by atoms with van der Waals surface area (Å²) in [5.74, 6) is 0.680. The van der Waals surface area contributed by atoms with Crippen LogP contribution in [0.4, 0.5) is 0 Å². The summed E-state index contributed by atoms with van der Waals surface area (Å²) >= 11 is -0.972. The molecule has 1 unspecified atom stereocenters. The molecule has 0 N–H and O–H groups in total. The number of rotatable bonds is 1. The molecule has 0 fully saturated rings. The van der Waals surface area contributed by atoms with Gasteiger partial charge in [0.05, 0.1) is 0 Å². The molecular formula is C16H15Cl2Hf. The standard InChI is InChI=1S/C16H15.2ClH.Hf/c1-12-10-14-8-5-9-15(16(14)11-12)13-6-3-2-4-7-13;;;/h2-10,12H,11H2,1H3;2*1H;/q;;;+2/p-2. The number of benzene rings is 2. The molecule has 0 saturated heterocycles. The minimum atomic E-state index is -0.972. The van der Waals surface area contributed by atoms with Crippen molar-refractivity contribution >= 4 is 17.2 Å². The van der Waals surface area contributed by atoms with Crippen LogP contribution in [-0.4, -0.2) is 0 Å². The van der Waals surface area contributed by atoms with Crippen LogP contribution in [0.1, 0.15) is 18.1 Å². The Hall–Kier alpha value is -0.110. The zero-order valence-corrected chi connectivity index (χ0v) is 15.8. The van der Waals surface area contributed by atoms with E-state index in [1.54, 1.807) is 0 Å². The van der Waals surface area contributed by atoms with Gasteiger partial charge in [-0.25, -0.2) is 0 Å². The van der Waals surface area contributed by atoms with E-state index in [0.717, 1.165) is 0 Å². The summed E-state index contributed by atoms with van der Waals surface area (Å²) in [4.78, 5) is 0. The van der Waals surface area contributed by atoms with Crippen LogP contribution in [0.3, 0.4) is 0 Å². The third-order valence-electron chi connectivity index (χ3n) is 3.29. The molecule has 0 amide bonds. The predicted octanol–water partition coefficient (Wildman–Crippen LogP) is 5.47. The first-order valence-corrected chi connectivity index (χ1v) is 15.1. The Morgan fingerprint density at radius 3 is 2.37 bits per heavy atom. The molecule has 0 saturated carbocycles. The summed E-state index contributed by atoms with van der Waals surface area (Å²) in [7, 11) is 9.92. The third kappa shape index (κ3) is 3.93. The zero-order chi connectivity index (χ0) is 13.7. The fourth-order valence-electron chi connectivity index (χ4n) is 2.56. The average molecular weight is 457 g/mol. The van der Waals surface area contributed by atoms with Crippen molar-refractivity contribution in [3.05, 3.63) is 66.1 Å².